The van der Waals surface area contributed by atoms with Crippen molar-refractivity contribution in [3.63, 3.8) is 0 Å². The Hall–Kier alpha value is -1.92. The highest BCUT2D eigenvalue weighted by Gasteiger charge is 2.09. The van der Waals surface area contributed by atoms with Crippen LogP contribution in [0.25, 0.3) is 0 Å². The van der Waals surface area contributed by atoms with Crippen molar-refractivity contribution in [2.75, 3.05) is 40.3 Å². The van der Waals surface area contributed by atoms with Gasteiger partial charge in [0.05, 0.1) is 25.7 Å². The summed E-state index contributed by atoms with van der Waals surface area (Å²) in [6.07, 6.45) is 2.03. The van der Waals surface area contributed by atoms with Crippen molar-refractivity contribution in [1.82, 2.24) is 10.6 Å². The van der Waals surface area contributed by atoms with Crippen molar-refractivity contribution < 1.29 is 19.6 Å². The van der Waals surface area contributed by atoms with Gasteiger partial charge in [-0.2, -0.15) is 0 Å². The van der Waals surface area contributed by atoms with E-state index in [2.05, 4.69) is 17.7 Å². The zero-order valence-corrected chi connectivity index (χ0v) is 13.3. The standard InChI is InChI=1S/C16H25N3O3/c1-17-8-4-10-19(2)11-5-9-18-15(20)13-6-3-7-14(12-13)16(21)22/h3,6-7,12,17H,4-5,8-11H2,1-2H3,(H,18,20)(H,21,22)/p+1. The molecular formula is C16H26N3O3+. The molecule has 0 aliphatic heterocycles. The van der Waals surface area contributed by atoms with Crippen LogP contribution in [0.3, 0.4) is 0 Å². The van der Waals surface area contributed by atoms with E-state index in [1.807, 2.05) is 7.05 Å². The highest BCUT2D eigenvalue weighted by Crippen LogP contribution is 2.05. The molecule has 0 radical (unpaired) electrons. The molecule has 0 saturated carbocycles. The lowest BCUT2D eigenvalue weighted by molar-refractivity contribution is -0.879. The smallest absolute Gasteiger partial charge is 0.335 e. The Morgan fingerprint density at radius 3 is 2.41 bits per heavy atom. The number of carboxylic acids is 1. The zero-order chi connectivity index (χ0) is 16.4. The van der Waals surface area contributed by atoms with Gasteiger partial charge in [-0.05, 0) is 25.2 Å². The Kier molecular flexibility index (Phi) is 8.17. The number of rotatable bonds is 10. The Morgan fingerprint density at radius 1 is 1.14 bits per heavy atom. The molecule has 0 aliphatic carbocycles. The maximum atomic E-state index is 12.0. The van der Waals surface area contributed by atoms with Gasteiger partial charge in [-0.3, -0.25) is 4.79 Å². The monoisotopic (exact) mass is 308 g/mol. The fraction of sp³-hybridized carbons (Fsp3) is 0.500. The second-order valence-electron chi connectivity index (χ2n) is 5.41. The van der Waals surface area contributed by atoms with Gasteiger partial charge in [0, 0.05) is 31.5 Å². The molecule has 0 bridgehead atoms. The number of carboxylic acid groups (broad SMARTS) is 1. The molecule has 1 atom stereocenters. The molecule has 1 unspecified atom stereocenters. The maximum Gasteiger partial charge on any atom is 0.335 e. The molecule has 0 saturated heterocycles. The molecular weight excluding hydrogens is 282 g/mol. The van der Waals surface area contributed by atoms with Crippen LogP contribution >= 0.6 is 0 Å². The van der Waals surface area contributed by atoms with Crippen LogP contribution in [0.1, 0.15) is 33.6 Å². The lowest BCUT2D eigenvalue weighted by atomic mass is 10.1. The minimum atomic E-state index is -1.03. The molecule has 6 nitrogen and oxygen atoms in total. The number of hydrogen-bond acceptors (Lipinski definition) is 3. The minimum absolute atomic E-state index is 0.126. The van der Waals surface area contributed by atoms with Crippen molar-refractivity contribution in [3.8, 4) is 0 Å². The van der Waals surface area contributed by atoms with Crippen LogP contribution < -0.4 is 15.5 Å². The molecule has 1 aromatic carbocycles. The highest BCUT2D eigenvalue weighted by molar-refractivity contribution is 5.97. The summed E-state index contributed by atoms with van der Waals surface area (Å²) in [7, 11) is 4.10. The average molecular weight is 308 g/mol. The third-order valence-corrected chi connectivity index (χ3v) is 3.47. The van der Waals surface area contributed by atoms with E-state index in [9.17, 15) is 9.59 Å². The molecule has 1 aromatic rings. The van der Waals surface area contributed by atoms with Crippen LogP contribution in [0, 0.1) is 0 Å². The normalized spacial score (nSPS) is 11.9. The van der Waals surface area contributed by atoms with Gasteiger partial charge in [-0.25, -0.2) is 4.79 Å². The molecule has 22 heavy (non-hydrogen) atoms. The summed E-state index contributed by atoms with van der Waals surface area (Å²) in [5, 5.41) is 14.9. The SMILES string of the molecule is CNCCC[NH+](C)CCCNC(=O)c1cccc(C(=O)O)c1. The molecule has 0 spiro atoms. The molecule has 122 valence electrons. The first-order valence-electron chi connectivity index (χ1n) is 7.62. The van der Waals surface area contributed by atoms with Crippen molar-refractivity contribution in [2.24, 2.45) is 0 Å². The van der Waals surface area contributed by atoms with Crippen LogP contribution in [-0.2, 0) is 0 Å². The van der Waals surface area contributed by atoms with Crippen molar-refractivity contribution in [1.29, 1.82) is 0 Å². The second-order valence-corrected chi connectivity index (χ2v) is 5.41. The lowest BCUT2D eigenvalue weighted by Gasteiger charge is -2.14. The van der Waals surface area contributed by atoms with Gasteiger partial charge >= 0.3 is 5.97 Å². The third kappa shape index (κ3) is 6.69. The third-order valence-electron chi connectivity index (χ3n) is 3.47. The van der Waals surface area contributed by atoms with Gasteiger partial charge in [0.1, 0.15) is 0 Å². The first-order valence-corrected chi connectivity index (χ1v) is 7.62. The van der Waals surface area contributed by atoms with Gasteiger partial charge in [0.15, 0.2) is 0 Å². The predicted octanol–water partition coefficient (Wildman–Crippen LogP) is -0.371. The number of carbonyl (C=O) groups is 2. The van der Waals surface area contributed by atoms with E-state index in [4.69, 9.17) is 5.11 Å². The number of benzene rings is 1. The number of hydrogen-bond donors (Lipinski definition) is 4. The lowest BCUT2D eigenvalue weighted by Crippen LogP contribution is -3.09. The number of carbonyl (C=O) groups excluding carboxylic acids is 1. The quantitative estimate of drug-likeness (QED) is 0.445. The van der Waals surface area contributed by atoms with Gasteiger partial charge < -0.3 is 20.6 Å². The average Bonchev–Trinajstić information content (AvgIpc) is 2.51. The molecule has 0 heterocycles. The summed E-state index contributed by atoms with van der Waals surface area (Å²) < 4.78 is 0. The molecule has 1 rings (SSSR count). The Balaban J connectivity index is 2.28. The van der Waals surface area contributed by atoms with E-state index < -0.39 is 5.97 Å². The van der Waals surface area contributed by atoms with E-state index >= 15 is 0 Å². The summed E-state index contributed by atoms with van der Waals surface area (Å²) in [6.45, 7) is 3.72. The van der Waals surface area contributed by atoms with Crippen LogP contribution in [0.15, 0.2) is 24.3 Å². The topological polar surface area (TPSA) is 82.9 Å². The van der Waals surface area contributed by atoms with Crippen molar-refractivity contribution >= 4 is 11.9 Å². The summed E-state index contributed by atoms with van der Waals surface area (Å²) in [4.78, 5) is 24.3. The Morgan fingerprint density at radius 2 is 1.77 bits per heavy atom. The molecule has 0 aromatic heterocycles. The summed E-state index contributed by atoms with van der Waals surface area (Å²) in [5.74, 6) is -1.25. The number of quaternary nitrogens is 1. The van der Waals surface area contributed by atoms with Gasteiger partial charge in [0.25, 0.3) is 5.91 Å². The van der Waals surface area contributed by atoms with Gasteiger partial charge in [0.2, 0.25) is 0 Å². The van der Waals surface area contributed by atoms with Gasteiger partial charge in [-0.15, -0.1) is 0 Å². The van der Waals surface area contributed by atoms with E-state index in [1.165, 1.54) is 17.0 Å². The zero-order valence-electron chi connectivity index (χ0n) is 13.3. The number of amides is 1. The molecule has 4 N–H and O–H groups in total. The van der Waals surface area contributed by atoms with Crippen molar-refractivity contribution in [3.05, 3.63) is 35.4 Å². The van der Waals surface area contributed by atoms with E-state index in [0.717, 1.165) is 32.5 Å². The fourth-order valence-corrected chi connectivity index (χ4v) is 2.18. The minimum Gasteiger partial charge on any atom is -0.478 e. The van der Waals surface area contributed by atoms with Crippen molar-refractivity contribution in [2.45, 2.75) is 12.8 Å². The largest absolute Gasteiger partial charge is 0.478 e. The predicted molar refractivity (Wildman–Crippen MR) is 85.5 cm³/mol. The number of aromatic carboxylic acids is 1. The van der Waals surface area contributed by atoms with Crippen LogP contribution in [-0.4, -0.2) is 57.3 Å². The number of nitrogens with one attached hydrogen (secondary N) is 3. The van der Waals surface area contributed by atoms with Crippen LogP contribution in [0.4, 0.5) is 0 Å². The fourth-order valence-electron chi connectivity index (χ4n) is 2.18. The highest BCUT2D eigenvalue weighted by atomic mass is 16.4. The van der Waals surface area contributed by atoms with E-state index in [-0.39, 0.29) is 11.5 Å². The van der Waals surface area contributed by atoms with E-state index in [1.54, 1.807) is 12.1 Å². The molecule has 1 amide bonds. The molecule has 0 aliphatic rings. The maximum absolute atomic E-state index is 12.0. The van der Waals surface area contributed by atoms with Crippen LogP contribution in [0.2, 0.25) is 0 Å². The Labute approximate surface area is 131 Å². The van der Waals surface area contributed by atoms with Crippen LogP contribution in [0.5, 0.6) is 0 Å². The summed E-state index contributed by atoms with van der Waals surface area (Å²) in [6, 6.07) is 6.07. The molecule has 0 fully saturated rings. The second kappa shape index (κ2) is 9.92. The summed E-state index contributed by atoms with van der Waals surface area (Å²) >= 11 is 0. The van der Waals surface area contributed by atoms with E-state index in [0.29, 0.717) is 12.1 Å². The summed E-state index contributed by atoms with van der Waals surface area (Å²) in [5.41, 5.74) is 0.510. The first-order chi connectivity index (χ1) is 10.5. The molecule has 6 heteroatoms. The van der Waals surface area contributed by atoms with Gasteiger partial charge in [-0.1, -0.05) is 6.07 Å². The first kappa shape index (κ1) is 18.1. The Bertz CT molecular complexity index is 491.